The molecule has 0 aliphatic heterocycles. The first-order chi connectivity index (χ1) is 10.1. The summed E-state index contributed by atoms with van der Waals surface area (Å²) in [5.74, 6) is 0. The normalized spacial score (nSPS) is 14.6. The van der Waals surface area contributed by atoms with Crippen molar-refractivity contribution < 1.29 is 5.11 Å². The minimum Gasteiger partial charge on any atom is -0.394 e. The second kappa shape index (κ2) is 9.19. The predicted molar refractivity (Wildman–Crippen MR) is 90.5 cm³/mol. The minimum atomic E-state index is -0.334. The van der Waals surface area contributed by atoms with E-state index in [1.165, 1.54) is 5.56 Å². The maximum atomic E-state index is 10.1. The number of hydrogen-bond acceptors (Lipinski definition) is 3. The van der Waals surface area contributed by atoms with Crippen LogP contribution in [0.15, 0.2) is 30.3 Å². The van der Waals surface area contributed by atoms with Crippen molar-refractivity contribution in [3.63, 3.8) is 0 Å². The van der Waals surface area contributed by atoms with Crippen molar-refractivity contribution in [2.75, 3.05) is 26.2 Å². The van der Waals surface area contributed by atoms with Crippen LogP contribution in [-0.2, 0) is 5.54 Å². The van der Waals surface area contributed by atoms with Gasteiger partial charge in [-0.05, 0) is 45.3 Å². The number of nitrogens with one attached hydrogen (secondary N) is 1. The van der Waals surface area contributed by atoms with E-state index in [-0.39, 0.29) is 12.1 Å². The predicted octanol–water partition coefficient (Wildman–Crippen LogP) is 2.99. The van der Waals surface area contributed by atoms with Crippen LogP contribution in [0.4, 0.5) is 0 Å². The number of benzene rings is 1. The van der Waals surface area contributed by atoms with Crippen molar-refractivity contribution in [2.24, 2.45) is 0 Å². The maximum Gasteiger partial charge on any atom is 0.0681 e. The lowest BCUT2D eigenvalue weighted by molar-refractivity contribution is 0.124. The van der Waals surface area contributed by atoms with E-state index in [0.29, 0.717) is 6.04 Å². The van der Waals surface area contributed by atoms with Gasteiger partial charge in [-0.1, -0.05) is 44.2 Å². The molecule has 1 aromatic carbocycles. The molecule has 0 saturated heterocycles. The van der Waals surface area contributed by atoms with Crippen molar-refractivity contribution >= 4 is 0 Å². The summed E-state index contributed by atoms with van der Waals surface area (Å²) in [6, 6.07) is 10.9. The Labute approximate surface area is 130 Å². The maximum absolute atomic E-state index is 10.1. The largest absolute Gasteiger partial charge is 0.394 e. The summed E-state index contributed by atoms with van der Waals surface area (Å²) in [6.07, 6.45) is 1.98. The van der Waals surface area contributed by atoms with Crippen molar-refractivity contribution in [1.82, 2.24) is 10.2 Å². The Hall–Kier alpha value is -0.900. The molecule has 21 heavy (non-hydrogen) atoms. The number of rotatable bonds is 10. The van der Waals surface area contributed by atoms with E-state index in [1.807, 2.05) is 18.2 Å². The van der Waals surface area contributed by atoms with Gasteiger partial charge in [-0.15, -0.1) is 0 Å². The number of aliphatic hydroxyl groups is 1. The Morgan fingerprint density at radius 2 is 1.86 bits per heavy atom. The molecule has 0 fully saturated rings. The molecule has 2 N–H and O–H groups in total. The SMILES string of the molecule is CCCNC(CO)(CCN(CC)C(C)C)c1ccccc1. The van der Waals surface area contributed by atoms with Gasteiger partial charge >= 0.3 is 0 Å². The third-order valence-electron chi connectivity index (χ3n) is 4.27. The molecule has 1 rings (SSSR count). The third kappa shape index (κ3) is 5.10. The van der Waals surface area contributed by atoms with E-state index in [4.69, 9.17) is 0 Å². The number of hydrogen-bond donors (Lipinski definition) is 2. The first kappa shape index (κ1) is 18.1. The quantitative estimate of drug-likeness (QED) is 0.696. The van der Waals surface area contributed by atoms with Crippen molar-refractivity contribution in [1.29, 1.82) is 0 Å². The van der Waals surface area contributed by atoms with Gasteiger partial charge < -0.3 is 15.3 Å². The van der Waals surface area contributed by atoms with E-state index < -0.39 is 0 Å². The highest BCUT2D eigenvalue weighted by Gasteiger charge is 2.31. The Bertz CT molecular complexity index is 380. The summed E-state index contributed by atoms with van der Waals surface area (Å²) >= 11 is 0. The van der Waals surface area contributed by atoms with E-state index in [0.717, 1.165) is 32.5 Å². The average molecular weight is 292 g/mol. The molecule has 3 nitrogen and oxygen atoms in total. The fraction of sp³-hybridized carbons (Fsp3) is 0.667. The third-order valence-corrected chi connectivity index (χ3v) is 4.27. The summed E-state index contributed by atoms with van der Waals surface area (Å²) < 4.78 is 0. The van der Waals surface area contributed by atoms with Gasteiger partial charge in [0.25, 0.3) is 0 Å². The molecule has 0 amide bonds. The molecule has 0 aliphatic rings. The van der Waals surface area contributed by atoms with Gasteiger partial charge in [-0.3, -0.25) is 0 Å². The Morgan fingerprint density at radius 1 is 1.19 bits per heavy atom. The van der Waals surface area contributed by atoms with Gasteiger partial charge in [0.15, 0.2) is 0 Å². The molecule has 0 radical (unpaired) electrons. The van der Waals surface area contributed by atoms with Crippen LogP contribution in [0, 0.1) is 0 Å². The summed E-state index contributed by atoms with van der Waals surface area (Å²) in [4.78, 5) is 2.45. The second-order valence-corrected chi connectivity index (χ2v) is 6.01. The van der Waals surface area contributed by atoms with Crippen molar-refractivity contribution in [3.05, 3.63) is 35.9 Å². The van der Waals surface area contributed by atoms with E-state index >= 15 is 0 Å². The highest BCUT2D eigenvalue weighted by Crippen LogP contribution is 2.25. The van der Waals surface area contributed by atoms with Crippen LogP contribution in [0.3, 0.4) is 0 Å². The highest BCUT2D eigenvalue weighted by molar-refractivity contribution is 5.24. The van der Waals surface area contributed by atoms with Crippen LogP contribution >= 0.6 is 0 Å². The molecule has 120 valence electrons. The Morgan fingerprint density at radius 3 is 2.33 bits per heavy atom. The zero-order valence-electron chi connectivity index (χ0n) is 14.1. The Kier molecular flexibility index (Phi) is 7.94. The van der Waals surface area contributed by atoms with Crippen LogP contribution in [-0.4, -0.2) is 42.3 Å². The molecule has 1 unspecified atom stereocenters. The van der Waals surface area contributed by atoms with Crippen LogP contribution in [0.5, 0.6) is 0 Å². The van der Waals surface area contributed by atoms with Gasteiger partial charge in [-0.25, -0.2) is 0 Å². The fourth-order valence-corrected chi connectivity index (χ4v) is 2.80. The van der Waals surface area contributed by atoms with Crippen LogP contribution in [0.1, 0.15) is 46.1 Å². The van der Waals surface area contributed by atoms with Crippen LogP contribution in [0.2, 0.25) is 0 Å². The molecule has 0 heterocycles. The van der Waals surface area contributed by atoms with Gasteiger partial charge in [0.1, 0.15) is 0 Å². The molecule has 0 saturated carbocycles. The monoisotopic (exact) mass is 292 g/mol. The van der Waals surface area contributed by atoms with E-state index in [1.54, 1.807) is 0 Å². The summed E-state index contributed by atoms with van der Waals surface area (Å²) in [5.41, 5.74) is 0.848. The number of nitrogens with zero attached hydrogens (tertiary/aromatic N) is 1. The van der Waals surface area contributed by atoms with Crippen molar-refractivity contribution in [3.8, 4) is 0 Å². The zero-order chi connectivity index (χ0) is 15.7. The summed E-state index contributed by atoms with van der Waals surface area (Å²) in [6.45, 7) is 11.9. The second-order valence-electron chi connectivity index (χ2n) is 6.01. The molecule has 0 aliphatic carbocycles. The molecule has 0 bridgehead atoms. The molecule has 1 aromatic rings. The average Bonchev–Trinajstić information content (AvgIpc) is 2.51. The lowest BCUT2D eigenvalue weighted by Crippen LogP contribution is -2.48. The zero-order valence-corrected chi connectivity index (χ0v) is 14.1. The Balaban J connectivity index is 2.90. The lowest BCUT2D eigenvalue weighted by atomic mass is 9.86. The molecular formula is C18H32N2O. The lowest BCUT2D eigenvalue weighted by Gasteiger charge is -2.37. The van der Waals surface area contributed by atoms with Crippen molar-refractivity contribution in [2.45, 2.75) is 52.1 Å². The molecule has 0 aromatic heterocycles. The summed E-state index contributed by atoms with van der Waals surface area (Å²) in [5, 5.41) is 13.7. The fourth-order valence-electron chi connectivity index (χ4n) is 2.80. The van der Waals surface area contributed by atoms with E-state index in [9.17, 15) is 5.11 Å². The van der Waals surface area contributed by atoms with Gasteiger partial charge in [0.05, 0.1) is 12.1 Å². The molecule has 3 heteroatoms. The van der Waals surface area contributed by atoms with Crippen LogP contribution < -0.4 is 5.32 Å². The standard InChI is InChI=1S/C18H32N2O/c1-5-13-19-18(15-21,17-10-8-7-9-11-17)12-14-20(6-2)16(3)4/h7-11,16,19,21H,5-6,12-15H2,1-4H3. The van der Waals surface area contributed by atoms with Gasteiger partial charge in [-0.2, -0.15) is 0 Å². The first-order valence-electron chi connectivity index (χ1n) is 8.25. The smallest absolute Gasteiger partial charge is 0.0681 e. The minimum absolute atomic E-state index is 0.132. The summed E-state index contributed by atoms with van der Waals surface area (Å²) in [7, 11) is 0. The topological polar surface area (TPSA) is 35.5 Å². The number of aliphatic hydroxyl groups excluding tert-OH is 1. The highest BCUT2D eigenvalue weighted by atomic mass is 16.3. The molecule has 0 spiro atoms. The van der Waals surface area contributed by atoms with Crippen LogP contribution in [0.25, 0.3) is 0 Å². The van der Waals surface area contributed by atoms with E-state index in [2.05, 4.69) is 50.0 Å². The molecular weight excluding hydrogens is 260 g/mol. The van der Waals surface area contributed by atoms with Gasteiger partial charge in [0, 0.05) is 12.6 Å². The molecule has 1 atom stereocenters. The van der Waals surface area contributed by atoms with Gasteiger partial charge in [0.2, 0.25) is 0 Å². The first-order valence-corrected chi connectivity index (χ1v) is 8.25.